The molecule has 4 N–H and O–H groups in total. The molecule has 0 aliphatic heterocycles. The van der Waals surface area contributed by atoms with Crippen molar-refractivity contribution in [2.75, 3.05) is 29.0 Å². The number of anilines is 4. The molecule has 0 bridgehead atoms. The first-order chi connectivity index (χ1) is 13.2. The zero-order chi connectivity index (χ0) is 18.9. The van der Waals surface area contributed by atoms with Gasteiger partial charge in [-0.1, -0.05) is 24.3 Å². The third-order valence-corrected chi connectivity index (χ3v) is 3.58. The van der Waals surface area contributed by atoms with E-state index in [4.69, 9.17) is 0 Å². The molecule has 2 amide bonds. The van der Waals surface area contributed by atoms with Crippen LogP contribution >= 0.6 is 0 Å². The molecule has 0 aliphatic carbocycles. The number of aromatic nitrogens is 3. The second-order valence-corrected chi connectivity index (χ2v) is 5.82. The molecule has 0 radical (unpaired) electrons. The standard InChI is InChI=1S/C19H21N7O/c1-14-7-8-16(22-13-14)24-18-10-9-17(25-26-18)20-11-12-21-19(27)23-15-5-3-2-4-6-15/h2-10,13H,11-12H2,1H3,(H,20,25)(H2,21,23,27)(H,22,24,26). The fourth-order valence-electron chi connectivity index (χ4n) is 2.23. The van der Waals surface area contributed by atoms with Crippen molar-refractivity contribution in [2.24, 2.45) is 0 Å². The number of hydrogen-bond donors (Lipinski definition) is 4. The number of hydrogen-bond acceptors (Lipinski definition) is 6. The van der Waals surface area contributed by atoms with E-state index in [1.165, 1.54) is 0 Å². The van der Waals surface area contributed by atoms with Crippen LogP contribution in [-0.2, 0) is 0 Å². The summed E-state index contributed by atoms with van der Waals surface area (Å²) in [6, 6.07) is 16.5. The molecule has 3 aromatic rings. The van der Waals surface area contributed by atoms with E-state index in [0.717, 1.165) is 11.3 Å². The van der Waals surface area contributed by atoms with Gasteiger partial charge in [0.1, 0.15) is 11.6 Å². The number of benzene rings is 1. The topological polar surface area (TPSA) is 104 Å². The van der Waals surface area contributed by atoms with Gasteiger partial charge < -0.3 is 21.3 Å². The maximum atomic E-state index is 11.8. The molecule has 2 heterocycles. The minimum atomic E-state index is -0.251. The van der Waals surface area contributed by atoms with Gasteiger partial charge in [0.2, 0.25) is 0 Å². The Labute approximate surface area is 157 Å². The molecule has 8 heteroatoms. The molecule has 8 nitrogen and oxygen atoms in total. The van der Waals surface area contributed by atoms with Crippen molar-refractivity contribution in [3.8, 4) is 0 Å². The van der Waals surface area contributed by atoms with E-state index in [0.29, 0.717) is 30.5 Å². The van der Waals surface area contributed by atoms with Gasteiger partial charge in [0.05, 0.1) is 0 Å². The quantitative estimate of drug-likeness (QED) is 0.481. The van der Waals surface area contributed by atoms with E-state index in [9.17, 15) is 4.79 Å². The van der Waals surface area contributed by atoms with Crippen LogP contribution in [0.2, 0.25) is 0 Å². The summed E-state index contributed by atoms with van der Waals surface area (Å²) in [5.41, 5.74) is 1.84. The van der Waals surface area contributed by atoms with Crippen molar-refractivity contribution >= 4 is 29.2 Å². The molecule has 0 fully saturated rings. The molecule has 0 spiro atoms. The van der Waals surface area contributed by atoms with Crippen molar-refractivity contribution in [1.82, 2.24) is 20.5 Å². The van der Waals surface area contributed by atoms with E-state index in [-0.39, 0.29) is 6.03 Å². The molecule has 138 valence electrons. The van der Waals surface area contributed by atoms with Gasteiger partial charge in [0.25, 0.3) is 0 Å². The molecule has 0 saturated carbocycles. The number of amides is 2. The van der Waals surface area contributed by atoms with Crippen LogP contribution in [0.3, 0.4) is 0 Å². The van der Waals surface area contributed by atoms with Crippen LogP contribution in [0.4, 0.5) is 27.9 Å². The fourth-order valence-corrected chi connectivity index (χ4v) is 2.23. The summed E-state index contributed by atoms with van der Waals surface area (Å²) in [5, 5.41) is 19.9. The molecule has 1 aromatic carbocycles. The molecule has 0 saturated heterocycles. The summed E-state index contributed by atoms with van der Waals surface area (Å²) >= 11 is 0. The first-order valence-electron chi connectivity index (χ1n) is 8.56. The largest absolute Gasteiger partial charge is 0.367 e. The lowest BCUT2D eigenvalue weighted by molar-refractivity contribution is 0.252. The molecular formula is C19H21N7O. The van der Waals surface area contributed by atoms with Gasteiger partial charge in [-0.15, -0.1) is 10.2 Å². The van der Waals surface area contributed by atoms with E-state index >= 15 is 0 Å². The Morgan fingerprint density at radius 3 is 2.33 bits per heavy atom. The van der Waals surface area contributed by atoms with Gasteiger partial charge in [-0.05, 0) is 42.8 Å². The number of carbonyl (C=O) groups is 1. The number of nitrogens with one attached hydrogen (secondary N) is 4. The van der Waals surface area contributed by atoms with Crippen LogP contribution < -0.4 is 21.3 Å². The predicted molar refractivity (Wildman–Crippen MR) is 106 cm³/mol. The van der Waals surface area contributed by atoms with Gasteiger partial charge in [0.15, 0.2) is 5.82 Å². The smallest absolute Gasteiger partial charge is 0.319 e. The van der Waals surface area contributed by atoms with Crippen molar-refractivity contribution < 1.29 is 4.79 Å². The monoisotopic (exact) mass is 363 g/mol. The minimum Gasteiger partial charge on any atom is -0.367 e. The number of nitrogens with zero attached hydrogens (tertiary/aromatic N) is 3. The van der Waals surface area contributed by atoms with Gasteiger partial charge in [-0.3, -0.25) is 0 Å². The zero-order valence-corrected chi connectivity index (χ0v) is 14.9. The van der Waals surface area contributed by atoms with E-state index in [1.807, 2.05) is 61.5 Å². The number of para-hydroxylation sites is 1. The lowest BCUT2D eigenvalue weighted by Gasteiger charge is -2.09. The predicted octanol–water partition coefficient (Wildman–Crippen LogP) is 3.16. The van der Waals surface area contributed by atoms with Gasteiger partial charge in [0, 0.05) is 25.0 Å². The lowest BCUT2D eigenvalue weighted by atomic mass is 10.3. The second-order valence-electron chi connectivity index (χ2n) is 5.82. The Hall–Kier alpha value is -3.68. The Bertz CT molecular complexity index is 851. The Morgan fingerprint density at radius 2 is 1.63 bits per heavy atom. The summed E-state index contributed by atoms with van der Waals surface area (Å²) in [6.45, 7) is 2.97. The number of carbonyl (C=O) groups excluding carboxylic acids is 1. The van der Waals surface area contributed by atoms with Crippen LogP contribution in [0.25, 0.3) is 0 Å². The molecular weight excluding hydrogens is 342 g/mol. The summed E-state index contributed by atoms with van der Waals surface area (Å²) < 4.78 is 0. The average molecular weight is 363 g/mol. The highest BCUT2D eigenvalue weighted by Gasteiger charge is 2.02. The number of aryl methyl sites for hydroxylation is 1. The number of pyridine rings is 1. The Balaban J connectivity index is 1.38. The Morgan fingerprint density at radius 1 is 0.889 bits per heavy atom. The van der Waals surface area contributed by atoms with E-state index in [1.54, 1.807) is 6.20 Å². The van der Waals surface area contributed by atoms with Crippen LogP contribution in [0.5, 0.6) is 0 Å². The van der Waals surface area contributed by atoms with Crippen LogP contribution in [-0.4, -0.2) is 34.3 Å². The average Bonchev–Trinajstić information content (AvgIpc) is 2.69. The maximum Gasteiger partial charge on any atom is 0.319 e. The van der Waals surface area contributed by atoms with Crippen molar-refractivity contribution in [2.45, 2.75) is 6.92 Å². The van der Waals surface area contributed by atoms with Crippen LogP contribution in [0.15, 0.2) is 60.8 Å². The highest BCUT2D eigenvalue weighted by atomic mass is 16.2. The minimum absolute atomic E-state index is 0.251. The fraction of sp³-hybridized carbons (Fsp3) is 0.158. The second kappa shape index (κ2) is 9.14. The van der Waals surface area contributed by atoms with Gasteiger partial charge >= 0.3 is 6.03 Å². The zero-order valence-electron chi connectivity index (χ0n) is 14.9. The van der Waals surface area contributed by atoms with Crippen molar-refractivity contribution in [3.63, 3.8) is 0 Å². The molecule has 27 heavy (non-hydrogen) atoms. The first-order valence-corrected chi connectivity index (χ1v) is 8.56. The lowest BCUT2D eigenvalue weighted by Crippen LogP contribution is -2.32. The molecule has 2 aromatic heterocycles. The summed E-state index contributed by atoms with van der Waals surface area (Å²) in [4.78, 5) is 16.0. The first kappa shape index (κ1) is 18.1. The SMILES string of the molecule is Cc1ccc(Nc2ccc(NCCNC(=O)Nc3ccccc3)nn2)nc1. The third kappa shape index (κ3) is 5.96. The normalized spacial score (nSPS) is 10.1. The van der Waals surface area contributed by atoms with Crippen LogP contribution in [0.1, 0.15) is 5.56 Å². The highest BCUT2D eigenvalue weighted by Crippen LogP contribution is 2.12. The molecule has 0 unspecified atom stereocenters. The van der Waals surface area contributed by atoms with E-state index < -0.39 is 0 Å². The van der Waals surface area contributed by atoms with Crippen molar-refractivity contribution in [3.05, 3.63) is 66.4 Å². The summed E-state index contributed by atoms with van der Waals surface area (Å²) in [5.74, 6) is 1.95. The molecule has 0 atom stereocenters. The number of urea groups is 1. The third-order valence-electron chi connectivity index (χ3n) is 3.58. The summed E-state index contributed by atoms with van der Waals surface area (Å²) in [6.07, 6.45) is 1.78. The molecule has 3 rings (SSSR count). The Kier molecular flexibility index (Phi) is 6.13. The van der Waals surface area contributed by atoms with Gasteiger partial charge in [-0.2, -0.15) is 0 Å². The van der Waals surface area contributed by atoms with Gasteiger partial charge in [-0.25, -0.2) is 9.78 Å². The maximum absolute atomic E-state index is 11.8. The highest BCUT2D eigenvalue weighted by molar-refractivity contribution is 5.89. The molecule has 0 aliphatic rings. The summed E-state index contributed by atoms with van der Waals surface area (Å²) in [7, 11) is 0. The van der Waals surface area contributed by atoms with Crippen LogP contribution in [0, 0.1) is 6.92 Å². The number of rotatable bonds is 7. The van der Waals surface area contributed by atoms with E-state index in [2.05, 4.69) is 36.4 Å². The van der Waals surface area contributed by atoms with Crippen molar-refractivity contribution in [1.29, 1.82) is 0 Å².